The Bertz CT molecular complexity index is 708. The molecular formula is C20H32Cl2N2O2S2. The van der Waals surface area contributed by atoms with Gasteiger partial charge in [0.15, 0.2) is 0 Å². The average Bonchev–Trinajstić information content (AvgIpc) is 2.60. The molecule has 1 saturated carbocycles. The molecule has 0 heterocycles. The summed E-state index contributed by atoms with van der Waals surface area (Å²) in [5.74, 6) is 2.44. The highest BCUT2D eigenvalue weighted by atomic mass is 35.5. The van der Waals surface area contributed by atoms with Crippen LogP contribution in [0.1, 0.15) is 52.0 Å². The van der Waals surface area contributed by atoms with Gasteiger partial charge in [-0.3, -0.25) is 0 Å². The van der Waals surface area contributed by atoms with Crippen LogP contribution in [0, 0.1) is 5.92 Å². The largest absolute Gasteiger partial charge is 0.316 e. The molecule has 0 bridgehead atoms. The zero-order valence-electron chi connectivity index (χ0n) is 16.9. The van der Waals surface area contributed by atoms with Gasteiger partial charge in [0.25, 0.3) is 0 Å². The molecule has 1 aliphatic carbocycles. The van der Waals surface area contributed by atoms with E-state index in [9.17, 15) is 8.42 Å². The van der Waals surface area contributed by atoms with E-state index in [1.807, 2.05) is 30.0 Å². The lowest BCUT2D eigenvalue weighted by Crippen LogP contribution is -2.46. The number of halogens is 2. The van der Waals surface area contributed by atoms with Crippen molar-refractivity contribution in [1.82, 2.24) is 10.0 Å². The molecule has 0 saturated heterocycles. The van der Waals surface area contributed by atoms with Crippen molar-refractivity contribution in [2.24, 2.45) is 5.92 Å². The van der Waals surface area contributed by atoms with Gasteiger partial charge in [-0.15, -0.1) is 0 Å². The van der Waals surface area contributed by atoms with Gasteiger partial charge < -0.3 is 5.32 Å². The fourth-order valence-electron chi connectivity index (χ4n) is 3.18. The van der Waals surface area contributed by atoms with E-state index in [0.717, 1.165) is 65.9 Å². The smallest absolute Gasteiger partial charge is 0.216 e. The lowest BCUT2D eigenvalue weighted by atomic mass is 9.86. The zero-order valence-corrected chi connectivity index (χ0v) is 20.1. The Morgan fingerprint density at radius 3 is 2.29 bits per heavy atom. The van der Waals surface area contributed by atoms with Crippen LogP contribution in [0.3, 0.4) is 0 Å². The topological polar surface area (TPSA) is 58.2 Å². The highest BCUT2D eigenvalue weighted by molar-refractivity contribution is 7.98. The molecule has 28 heavy (non-hydrogen) atoms. The summed E-state index contributed by atoms with van der Waals surface area (Å²) in [5.41, 5.74) is 1.01. The second-order valence-corrected chi connectivity index (χ2v) is 12.8. The van der Waals surface area contributed by atoms with Crippen LogP contribution >= 0.6 is 35.0 Å². The third kappa shape index (κ3) is 7.37. The number of hydrogen-bond acceptors (Lipinski definition) is 4. The summed E-state index contributed by atoms with van der Waals surface area (Å²) in [5, 5.41) is 4.99. The maximum Gasteiger partial charge on any atom is 0.216 e. The molecule has 4 nitrogen and oxygen atoms in total. The SMILES string of the molecule is CC(C)(C)S(=O)(=O)N[C@H]1CC[C@H](CNCCSCc2c(Cl)cccc2Cl)CC1. The molecule has 160 valence electrons. The van der Waals surface area contributed by atoms with Gasteiger partial charge in [0.2, 0.25) is 10.0 Å². The second-order valence-electron chi connectivity index (χ2n) is 8.41. The van der Waals surface area contributed by atoms with Crippen LogP contribution in [0.2, 0.25) is 10.0 Å². The number of thioether (sulfide) groups is 1. The van der Waals surface area contributed by atoms with Gasteiger partial charge in [-0.05, 0) is 76.6 Å². The first-order valence-electron chi connectivity index (χ1n) is 9.83. The summed E-state index contributed by atoms with van der Waals surface area (Å²) >= 11 is 14.2. The third-order valence-electron chi connectivity index (χ3n) is 5.14. The number of hydrogen-bond donors (Lipinski definition) is 2. The quantitative estimate of drug-likeness (QED) is 0.497. The van der Waals surface area contributed by atoms with Gasteiger partial charge in [0, 0.05) is 34.1 Å². The molecule has 0 unspecified atom stereocenters. The standard InChI is InChI=1S/C20H32Cl2N2O2S2/c1-20(2,3)28(25,26)24-16-9-7-15(8-10-16)13-23-11-12-27-14-17-18(21)5-4-6-19(17)22/h4-6,15-16,23-24H,7-14H2,1-3H3/t15-,16-. The molecule has 0 amide bonds. The van der Waals surface area contributed by atoms with Crippen LogP contribution in [0.5, 0.6) is 0 Å². The molecule has 1 aromatic carbocycles. The van der Waals surface area contributed by atoms with E-state index in [4.69, 9.17) is 23.2 Å². The fourth-order valence-corrected chi connectivity index (χ4v) is 5.84. The van der Waals surface area contributed by atoms with E-state index in [2.05, 4.69) is 10.0 Å². The molecule has 0 spiro atoms. The number of benzene rings is 1. The molecule has 1 fully saturated rings. The molecule has 8 heteroatoms. The normalized spacial score (nSPS) is 21.0. The van der Waals surface area contributed by atoms with Gasteiger partial charge >= 0.3 is 0 Å². The maximum atomic E-state index is 12.3. The van der Waals surface area contributed by atoms with Crippen molar-refractivity contribution in [3.05, 3.63) is 33.8 Å². The highest BCUT2D eigenvalue weighted by Crippen LogP contribution is 2.28. The highest BCUT2D eigenvalue weighted by Gasteiger charge is 2.32. The van der Waals surface area contributed by atoms with E-state index in [0.29, 0.717) is 5.92 Å². The van der Waals surface area contributed by atoms with E-state index in [1.54, 1.807) is 20.8 Å². The van der Waals surface area contributed by atoms with Crippen LogP contribution in [0.25, 0.3) is 0 Å². The van der Waals surface area contributed by atoms with E-state index in [-0.39, 0.29) is 6.04 Å². The molecule has 0 radical (unpaired) electrons. The minimum Gasteiger partial charge on any atom is -0.316 e. The minimum absolute atomic E-state index is 0.0800. The minimum atomic E-state index is -3.26. The summed E-state index contributed by atoms with van der Waals surface area (Å²) in [6, 6.07) is 5.69. The molecule has 2 rings (SSSR count). The van der Waals surface area contributed by atoms with Crippen molar-refractivity contribution in [3.63, 3.8) is 0 Å². The van der Waals surface area contributed by atoms with Crippen molar-refractivity contribution in [3.8, 4) is 0 Å². The van der Waals surface area contributed by atoms with Crippen molar-refractivity contribution < 1.29 is 8.42 Å². The summed E-state index contributed by atoms with van der Waals surface area (Å²) < 4.78 is 26.7. The fraction of sp³-hybridized carbons (Fsp3) is 0.700. The van der Waals surface area contributed by atoms with E-state index < -0.39 is 14.8 Å². The Hall–Kier alpha value is 0.0200. The zero-order chi connectivity index (χ0) is 20.8. The first-order chi connectivity index (χ1) is 13.1. The van der Waals surface area contributed by atoms with Crippen molar-refractivity contribution in [2.45, 2.75) is 63.0 Å². The average molecular weight is 468 g/mol. The Kier molecular flexibility index (Phi) is 9.43. The summed E-state index contributed by atoms with van der Waals surface area (Å²) in [6.07, 6.45) is 3.96. The van der Waals surface area contributed by atoms with Crippen LogP contribution in [0.4, 0.5) is 0 Å². The van der Waals surface area contributed by atoms with Crippen LogP contribution < -0.4 is 10.0 Å². The summed E-state index contributed by atoms with van der Waals surface area (Å²) in [6.45, 7) is 7.16. The first kappa shape index (κ1) is 24.3. The van der Waals surface area contributed by atoms with E-state index in [1.165, 1.54) is 0 Å². The number of sulfonamides is 1. The Morgan fingerprint density at radius 1 is 1.11 bits per heavy atom. The Labute approximate surface area is 184 Å². The number of nitrogens with one attached hydrogen (secondary N) is 2. The molecule has 0 aromatic heterocycles. The summed E-state index contributed by atoms with van der Waals surface area (Å²) in [7, 11) is -3.26. The third-order valence-corrected chi connectivity index (χ3v) is 9.09. The van der Waals surface area contributed by atoms with Crippen molar-refractivity contribution in [2.75, 3.05) is 18.8 Å². The van der Waals surface area contributed by atoms with Crippen LogP contribution in [-0.2, 0) is 15.8 Å². The molecule has 0 aliphatic heterocycles. The van der Waals surface area contributed by atoms with Crippen molar-refractivity contribution >= 4 is 45.0 Å². The Balaban J connectivity index is 1.59. The van der Waals surface area contributed by atoms with Gasteiger partial charge in [0.05, 0.1) is 4.75 Å². The predicted octanol–water partition coefficient (Wildman–Crippen LogP) is 5.09. The molecule has 1 aromatic rings. The molecule has 1 aliphatic rings. The van der Waals surface area contributed by atoms with Crippen molar-refractivity contribution in [1.29, 1.82) is 0 Å². The Morgan fingerprint density at radius 2 is 1.71 bits per heavy atom. The predicted molar refractivity (Wildman–Crippen MR) is 123 cm³/mol. The molecule has 0 atom stereocenters. The van der Waals surface area contributed by atoms with Crippen LogP contribution in [-0.4, -0.2) is 38.0 Å². The second kappa shape index (κ2) is 10.9. The lowest BCUT2D eigenvalue weighted by molar-refractivity contribution is 0.303. The lowest BCUT2D eigenvalue weighted by Gasteiger charge is -2.31. The van der Waals surface area contributed by atoms with Gasteiger partial charge in [-0.1, -0.05) is 29.3 Å². The van der Waals surface area contributed by atoms with Crippen LogP contribution in [0.15, 0.2) is 18.2 Å². The summed E-state index contributed by atoms with van der Waals surface area (Å²) in [4.78, 5) is 0. The first-order valence-corrected chi connectivity index (χ1v) is 13.2. The monoisotopic (exact) mass is 466 g/mol. The van der Waals surface area contributed by atoms with Gasteiger partial charge in [0.1, 0.15) is 0 Å². The maximum absolute atomic E-state index is 12.3. The molecular weight excluding hydrogens is 435 g/mol. The van der Waals surface area contributed by atoms with E-state index >= 15 is 0 Å². The molecule has 2 N–H and O–H groups in total. The number of rotatable bonds is 9. The van der Waals surface area contributed by atoms with Gasteiger partial charge in [-0.2, -0.15) is 11.8 Å². The van der Waals surface area contributed by atoms with Gasteiger partial charge in [-0.25, -0.2) is 13.1 Å².